The number of sulfonamides is 1. The van der Waals surface area contributed by atoms with Crippen molar-refractivity contribution >= 4 is 39.7 Å². The van der Waals surface area contributed by atoms with Crippen LogP contribution in [-0.2, 0) is 21.2 Å². The van der Waals surface area contributed by atoms with Crippen LogP contribution in [0.2, 0.25) is 0 Å². The number of anilines is 2. The molecular weight excluding hydrogens is 374 g/mol. The Morgan fingerprint density at radius 3 is 2.27 bits per heavy atom. The predicted molar refractivity (Wildman–Crippen MR) is 107 cm³/mol. The molecule has 0 aliphatic heterocycles. The number of rotatable bonds is 7. The van der Waals surface area contributed by atoms with Gasteiger partial charge in [-0.3, -0.25) is 4.79 Å². The number of halogens is 1. The normalized spacial score (nSPS) is 11.0. The highest BCUT2D eigenvalue weighted by Gasteiger charge is 2.15. The molecule has 6 nitrogen and oxygen atoms in total. The fraction of sp³-hybridized carbons (Fsp3) is 0.278. The molecule has 2 rings (SSSR count). The second-order valence-corrected chi connectivity index (χ2v) is 7.76. The molecule has 2 aromatic carbocycles. The highest BCUT2D eigenvalue weighted by Crippen LogP contribution is 2.16. The number of nitrogen functional groups attached to an aromatic ring is 1. The number of benzene rings is 2. The van der Waals surface area contributed by atoms with Crippen LogP contribution < -0.4 is 15.8 Å². The van der Waals surface area contributed by atoms with E-state index in [4.69, 9.17) is 5.73 Å². The summed E-state index contributed by atoms with van der Waals surface area (Å²) in [7, 11) is -3.53. The van der Waals surface area contributed by atoms with Crippen molar-refractivity contribution in [3.05, 3.63) is 54.1 Å². The first kappa shape index (κ1) is 22.0. The van der Waals surface area contributed by atoms with Gasteiger partial charge in [0.05, 0.1) is 4.90 Å². The molecule has 4 N–H and O–H groups in total. The van der Waals surface area contributed by atoms with Gasteiger partial charge in [0.25, 0.3) is 0 Å². The Labute approximate surface area is 160 Å². The first-order valence-corrected chi connectivity index (χ1v) is 9.52. The van der Waals surface area contributed by atoms with Gasteiger partial charge in [-0.15, -0.1) is 12.4 Å². The maximum Gasteiger partial charge on any atom is 0.240 e. The van der Waals surface area contributed by atoms with E-state index in [9.17, 15) is 13.2 Å². The number of aryl methyl sites for hydroxylation is 1. The smallest absolute Gasteiger partial charge is 0.240 e. The predicted octanol–water partition coefficient (Wildman–Crippen LogP) is 2.95. The van der Waals surface area contributed by atoms with Gasteiger partial charge in [0.2, 0.25) is 15.9 Å². The van der Waals surface area contributed by atoms with Gasteiger partial charge >= 0.3 is 0 Å². The van der Waals surface area contributed by atoms with Crippen LogP contribution in [0.15, 0.2) is 53.4 Å². The van der Waals surface area contributed by atoms with E-state index in [0.717, 1.165) is 5.56 Å². The molecule has 0 atom stereocenters. The van der Waals surface area contributed by atoms with Gasteiger partial charge in [0, 0.05) is 23.8 Å². The van der Waals surface area contributed by atoms with E-state index < -0.39 is 10.0 Å². The zero-order valence-electron chi connectivity index (χ0n) is 14.7. The molecule has 0 aromatic heterocycles. The van der Waals surface area contributed by atoms with Crippen LogP contribution >= 0.6 is 12.4 Å². The van der Waals surface area contributed by atoms with Crippen molar-refractivity contribution in [2.24, 2.45) is 0 Å². The number of hydrogen-bond acceptors (Lipinski definition) is 4. The molecule has 0 spiro atoms. The molecule has 0 radical (unpaired) electrons. The third-order valence-corrected chi connectivity index (χ3v) is 5.19. The number of amides is 1. The second-order valence-electron chi connectivity index (χ2n) is 6.05. The van der Waals surface area contributed by atoms with Crippen LogP contribution in [0.3, 0.4) is 0 Å². The van der Waals surface area contributed by atoms with Crippen LogP contribution in [0, 0.1) is 0 Å². The van der Waals surface area contributed by atoms with Gasteiger partial charge in [0.15, 0.2) is 0 Å². The van der Waals surface area contributed by atoms with Crippen LogP contribution in [0.25, 0.3) is 0 Å². The molecule has 0 saturated carbocycles. The summed E-state index contributed by atoms with van der Waals surface area (Å²) in [6.45, 7) is 3.51. The van der Waals surface area contributed by atoms with E-state index in [0.29, 0.717) is 24.2 Å². The number of para-hydroxylation sites is 1. The quantitative estimate of drug-likeness (QED) is 0.625. The van der Waals surface area contributed by atoms with Gasteiger partial charge in [0.1, 0.15) is 0 Å². The van der Waals surface area contributed by atoms with Crippen molar-refractivity contribution in [1.29, 1.82) is 0 Å². The number of nitrogens with one attached hydrogen (secondary N) is 2. The van der Waals surface area contributed by atoms with E-state index in [1.165, 1.54) is 12.1 Å². The maximum absolute atomic E-state index is 12.1. The molecule has 1 amide bonds. The maximum atomic E-state index is 12.1. The average molecular weight is 398 g/mol. The molecule has 26 heavy (non-hydrogen) atoms. The lowest BCUT2D eigenvalue weighted by molar-refractivity contribution is -0.116. The zero-order chi connectivity index (χ0) is 18.4. The van der Waals surface area contributed by atoms with E-state index in [-0.39, 0.29) is 29.3 Å². The molecule has 8 heteroatoms. The summed E-state index contributed by atoms with van der Waals surface area (Å²) in [6.07, 6.45) is 0.840. The van der Waals surface area contributed by atoms with E-state index >= 15 is 0 Å². The van der Waals surface area contributed by atoms with E-state index in [1.54, 1.807) is 32.0 Å². The molecule has 0 saturated heterocycles. The second kappa shape index (κ2) is 9.56. The molecule has 142 valence electrons. The van der Waals surface area contributed by atoms with Crippen LogP contribution in [0.5, 0.6) is 0 Å². The Morgan fingerprint density at radius 2 is 1.69 bits per heavy atom. The number of carbonyl (C=O) groups excluding carboxylic acids is 1. The largest absolute Gasteiger partial charge is 0.399 e. The lowest BCUT2D eigenvalue weighted by Crippen LogP contribution is -2.30. The highest BCUT2D eigenvalue weighted by molar-refractivity contribution is 7.89. The minimum absolute atomic E-state index is 0. The summed E-state index contributed by atoms with van der Waals surface area (Å²) in [6, 6.07) is 13.3. The summed E-state index contributed by atoms with van der Waals surface area (Å²) < 4.78 is 26.6. The monoisotopic (exact) mass is 397 g/mol. The summed E-state index contributed by atoms with van der Waals surface area (Å²) in [5, 5.41) is 2.76. The number of carbonyl (C=O) groups is 1. The first-order chi connectivity index (χ1) is 11.8. The van der Waals surface area contributed by atoms with Crippen molar-refractivity contribution in [2.75, 3.05) is 11.1 Å². The molecule has 0 unspecified atom stereocenters. The van der Waals surface area contributed by atoms with Gasteiger partial charge in [-0.1, -0.05) is 18.2 Å². The van der Waals surface area contributed by atoms with E-state index in [1.807, 2.05) is 18.2 Å². The van der Waals surface area contributed by atoms with Gasteiger partial charge in [-0.25, -0.2) is 13.1 Å². The zero-order valence-corrected chi connectivity index (χ0v) is 16.4. The van der Waals surface area contributed by atoms with Crippen molar-refractivity contribution in [2.45, 2.75) is 37.6 Å². The Bertz CT molecular complexity index is 837. The molecule has 0 fully saturated rings. The van der Waals surface area contributed by atoms with Crippen molar-refractivity contribution in [3.63, 3.8) is 0 Å². The molecule has 0 bridgehead atoms. The third kappa shape index (κ3) is 6.33. The van der Waals surface area contributed by atoms with Crippen molar-refractivity contribution in [1.82, 2.24) is 4.72 Å². The highest BCUT2D eigenvalue weighted by atomic mass is 35.5. The first-order valence-electron chi connectivity index (χ1n) is 8.03. The van der Waals surface area contributed by atoms with Crippen molar-refractivity contribution in [3.8, 4) is 0 Å². The lowest BCUT2D eigenvalue weighted by atomic mass is 10.1. The minimum atomic E-state index is -3.53. The van der Waals surface area contributed by atoms with Crippen LogP contribution in [0.1, 0.15) is 25.8 Å². The SMILES string of the molecule is CC(C)NS(=O)(=O)c1ccc(NC(=O)CCc2ccccc2N)cc1.Cl. The summed E-state index contributed by atoms with van der Waals surface area (Å²) in [5.41, 5.74) is 8.01. The standard InChI is InChI=1S/C18H23N3O3S.ClH/c1-13(2)21-25(23,24)16-10-8-15(9-11-16)20-18(22)12-7-14-5-3-4-6-17(14)19;/h3-6,8-11,13,21H,7,12,19H2,1-2H3,(H,20,22);1H. The molecular formula is C18H24ClN3O3S. The Kier molecular flexibility index (Phi) is 8.08. The van der Waals surface area contributed by atoms with Crippen molar-refractivity contribution < 1.29 is 13.2 Å². The van der Waals surface area contributed by atoms with Crippen LogP contribution in [-0.4, -0.2) is 20.4 Å². The molecule has 0 aliphatic rings. The van der Waals surface area contributed by atoms with Gasteiger partial charge in [-0.05, 0) is 56.2 Å². The third-order valence-electron chi connectivity index (χ3n) is 3.52. The fourth-order valence-corrected chi connectivity index (χ4v) is 3.58. The topological polar surface area (TPSA) is 101 Å². The molecule has 0 aliphatic carbocycles. The molecule has 2 aromatic rings. The summed E-state index contributed by atoms with van der Waals surface area (Å²) in [4.78, 5) is 12.2. The number of hydrogen-bond donors (Lipinski definition) is 3. The number of nitrogens with two attached hydrogens (primary N) is 1. The van der Waals surface area contributed by atoms with E-state index in [2.05, 4.69) is 10.0 Å². The molecule has 0 heterocycles. The summed E-state index contributed by atoms with van der Waals surface area (Å²) >= 11 is 0. The Hall–Kier alpha value is -2.09. The van der Waals surface area contributed by atoms with Crippen LogP contribution in [0.4, 0.5) is 11.4 Å². The lowest BCUT2D eigenvalue weighted by Gasteiger charge is -2.10. The summed E-state index contributed by atoms with van der Waals surface area (Å²) in [5.74, 6) is -0.154. The van der Waals surface area contributed by atoms with Gasteiger partial charge < -0.3 is 11.1 Å². The average Bonchev–Trinajstić information content (AvgIpc) is 2.53. The Balaban J connectivity index is 0.00000338. The fourth-order valence-electron chi connectivity index (χ4n) is 2.33. The van der Waals surface area contributed by atoms with Gasteiger partial charge in [-0.2, -0.15) is 0 Å². The minimum Gasteiger partial charge on any atom is -0.399 e. The Morgan fingerprint density at radius 1 is 1.08 bits per heavy atom.